The molecule has 0 spiro atoms. The quantitative estimate of drug-likeness (QED) is 0.323. The molecule has 1 aliphatic rings. The molecule has 0 radical (unpaired) electrons. The first kappa shape index (κ1) is 27.5. The van der Waals surface area contributed by atoms with Crippen molar-refractivity contribution in [3.8, 4) is 5.69 Å². The molecule has 1 amide bonds. The van der Waals surface area contributed by atoms with Gasteiger partial charge in [0.05, 0.1) is 21.8 Å². The van der Waals surface area contributed by atoms with E-state index in [1.165, 1.54) is 29.2 Å². The van der Waals surface area contributed by atoms with Gasteiger partial charge in [-0.05, 0) is 61.9 Å². The van der Waals surface area contributed by atoms with Gasteiger partial charge in [-0.2, -0.15) is 23.0 Å². The summed E-state index contributed by atoms with van der Waals surface area (Å²) in [6, 6.07) is 16.2. The van der Waals surface area contributed by atoms with E-state index in [1.807, 2.05) is 18.2 Å². The van der Waals surface area contributed by atoms with E-state index in [2.05, 4.69) is 9.82 Å². The molecule has 0 aliphatic carbocycles. The van der Waals surface area contributed by atoms with E-state index in [0.29, 0.717) is 34.4 Å². The van der Waals surface area contributed by atoms with Gasteiger partial charge in [0, 0.05) is 18.0 Å². The van der Waals surface area contributed by atoms with Crippen molar-refractivity contribution < 1.29 is 30.8 Å². The second-order valence-electron chi connectivity index (χ2n) is 9.31. The topological polar surface area (TPSA) is 84.3 Å². The van der Waals surface area contributed by atoms with Gasteiger partial charge in [0.1, 0.15) is 17.7 Å². The Morgan fingerprint density at radius 3 is 2.27 bits per heavy atom. The summed E-state index contributed by atoms with van der Waals surface area (Å²) in [5, 5.41) is 4.66. The van der Waals surface area contributed by atoms with Crippen molar-refractivity contribution in [3.63, 3.8) is 0 Å². The number of hydrogen-bond donors (Lipinski definition) is 1. The van der Waals surface area contributed by atoms with Crippen molar-refractivity contribution in [2.45, 2.75) is 36.9 Å². The number of sulfonamides is 1. The standard InChI is InChI=1S/C28H24F4N4O3S/c1-3-35-26-23(17(2)33-36(26)21-9-5-4-6-10-21)24(18-12-14-20(29)15-13-18)25(27(35)37)34-40(38,39)22-11-7-8-19(16-22)28(30,31)32/h4-16,24-25,34H,3H2,1-2H3/t24-,25-/m0/s1. The number of nitrogens with one attached hydrogen (secondary N) is 1. The summed E-state index contributed by atoms with van der Waals surface area (Å²) in [5.74, 6) is -1.68. The molecule has 1 N–H and O–H groups in total. The van der Waals surface area contributed by atoms with E-state index >= 15 is 0 Å². The second kappa shape index (κ2) is 10.2. The van der Waals surface area contributed by atoms with Gasteiger partial charge in [-0.3, -0.25) is 9.69 Å². The van der Waals surface area contributed by atoms with Crippen LogP contribution in [0.4, 0.5) is 23.4 Å². The Kier molecular flexibility index (Phi) is 7.01. The van der Waals surface area contributed by atoms with Crippen LogP contribution in [-0.2, 0) is 21.0 Å². The summed E-state index contributed by atoms with van der Waals surface area (Å²) in [4.78, 5) is 14.8. The highest BCUT2D eigenvalue weighted by atomic mass is 32.2. The summed E-state index contributed by atoms with van der Waals surface area (Å²) in [7, 11) is -4.62. The van der Waals surface area contributed by atoms with Crippen molar-refractivity contribution in [2.75, 3.05) is 11.4 Å². The molecule has 4 aromatic rings. The summed E-state index contributed by atoms with van der Waals surface area (Å²) in [6.45, 7) is 3.59. The first-order chi connectivity index (χ1) is 18.9. The van der Waals surface area contributed by atoms with Crippen LogP contribution in [0.25, 0.3) is 5.69 Å². The number of anilines is 1. The predicted octanol–water partition coefficient (Wildman–Crippen LogP) is 5.18. The number of halogens is 4. The van der Waals surface area contributed by atoms with Gasteiger partial charge in [0.25, 0.3) is 0 Å². The lowest BCUT2D eigenvalue weighted by atomic mass is 9.81. The van der Waals surface area contributed by atoms with E-state index in [4.69, 9.17) is 0 Å². The molecule has 0 unspecified atom stereocenters. The van der Waals surface area contributed by atoms with Crippen LogP contribution in [0.5, 0.6) is 0 Å². The number of aryl methyl sites for hydroxylation is 1. The lowest BCUT2D eigenvalue weighted by molar-refractivity contribution is -0.137. The summed E-state index contributed by atoms with van der Waals surface area (Å²) in [5.41, 5.74) is 0.993. The van der Waals surface area contributed by atoms with Crippen LogP contribution in [0.3, 0.4) is 0 Å². The number of rotatable bonds is 6. The maximum atomic E-state index is 14.0. The van der Waals surface area contributed by atoms with E-state index in [0.717, 1.165) is 18.2 Å². The van der Waals surface area contributed by atoms with E-state index in [1.54, 1.807) is 30.7 Å². The van der Waals surface area contributed by atoms with Crippen molar-refractivity contribution in [3.05, 3.63) is 107 Å². The summed E-state index contributed by atoms with van der Waals surface area (Å²) in [6.07, 6.45) is -4.76. The SMILES string of the molecule is CCN1C(=O)[C@@H](NS(=O)(=O)c2cccc(C(F)(F)F)c2)[C@@H](c2ccc(F)cc2)c2c(C)nn(-c3ccccc3)c21. The molecule has 7 nitrogen and oxygen atoms in total. The molecule has 3 aromatic carbocycles. The molecule has 1 aliphatic heterocycles. The smallest absolute Gasteiger partial charge is 0.295 e. The maximum absolute atomic E-state index is 14.0. The molecule has 2 heterocycles. The number of amides is 1. The first-order valence-corrected chi connectivity index (χ1v) is 13.8. The Hall–Kier alpha value is -4.03. The second-order valence-corrected chi connectivity index (χ2v) is 11.0. The van der Waals surface area contributed by atoms with Crippen molar-refractivity contribution in [1.82, 2.24) is 14.5 Å². The third-order valence-electron chi connectivity index (χ3n) is 6.81. The zero-order chi connectivity index (χ0) is 28.8. The summed E-state index contributed by atoms with van der Waals surface area (Å²) >= 11 is 0. The van der Waals surface area contributed by atoms with Crippen LogP contribution < -0.4 is 9.62 Å². The number of aromatic nitrogens is 2. The monoisotopic (exact) mass is 572 g/mol. The lowest BCUT2D eigenvalue weighted by Crippen LogP contribution is -2.55. The highest BCUT2D eigenvalue weighted by molar-refractivity contribution is 7.89. The zero-order valence-corrected chi connectivity index (χ0v) is 22.2. The molecule has 2 atom stereocenters. The fourth-order valence-corrected chi connectivity index (χ4v) is 6.26. The molecule has 0 saturated heterocycles. The number of para-hydroxylation sites is 1. The van der Waals surface area contributed by atoms with E-state index < -0.39 is 50.3 Å². The minimum absolute atomic E-state index is 0.154. The average molecular weight is 573 g/mol. The Morgan fingerprint density at radius 1 is 0.975 bits per heavy atom. The Bertz CT molecular complexity index is 1670. The van der Waals surface area contributed by atoms with Gasteiger partial charge in [0.15, 0.2) is 0 Å². The van der Waals surface area contributed by atoms with Crippen LogP contribution in [0.15, 0.2) is 83.8 Å². The molecule has 0 bridgehead atoms. The number of carbonyl (C=O) groups is 1. The molecule has 1 aromatic heterocycles. The van der Waals surface area contributed by atoms with Crippen LogP contribution in [0.2, 0.25) is 0 Å². The molecular formula is C28H24F4N4O3S. The minimum atomic E-state index is -4.76. The van der Waals surface area contributed by atoms with Gasteiger partial charge >= 0.3 is 6.18 Å². The highest BCUT2D eigenvalue weighted by Gasteiger charge is 2.46. The number of hydrogen-bond acceptors (Lipinski definition) is 4. The van der Waals surface area contributed by atoms with Gasteiger partial charge in [-0.25, -0.2) is 17.5 Å². The lowest BCUT2D eigenvalue weighted by Gasteiger charge is -2.38. The Balaban J connectivity index is 1.69. The van der Waals surface area contributed by atoms with Crippen molar-refractivity contribution in [2.24, 2.45) is 0 Å². The number of benzene rings is 3. The molecule has 0 fully saturated rings. The number of fused-ring (bicyclic) bond motifs is 1. The maximum Gasteiger partial charge on any atom is 0.416 e. The number of carbonyl (C=O) groups excluding carboxylic acids is 1. The van der Waals surface area contributed by atoms with Crippen LogP contribution in [0, 0.1) is 12.7 Å². The van der Waals surface area contributed by atoms with E-state index in [9.17, 15) is 30.8 Å². The van der Waals surface area contributed by atoms with Crippen LogP contribution in [-0.4, -0.2) is 36.7 Å². The van der Waals surface area contributed by atoms with Crippen LogP contribution in [0.1, 0.15) is 35.2 Å². The highest BCUT2D eigenvalue weighted by Crippen LogP contribution is 2.43. The predicted molar refractivity (Wildman–Crippen MR) is 140 cm³/mol. The Morgan fingerprint density at radius 2 is 1.65 bits per heavy atom. The van der Waals surface area contributed by atoms with Gasteiger partial charge in [-0.15, -0.1) is 0 Å². The fourth-order valence-electron chi connectivity index (χ4n) is 5.01. The number of alkyl halides is 3. The Labute approximate surface area is 228 Å². The normalized spacial score (nSPS) is 17.6. The zero-order valence-electron chi connectivity index (χ0n) is 21.4. The van der Waals surface area contributed by atoms with Crippen molar-refractivity contribution in [1.29, 1.82) is 0 Å². The summed E-state index contributed by atoms with van der Waals surface area (Å²) < 4.78 is 84.7. The third kappa shape index (κ3) is 4.88. The first-order valence-electron chi connectivity index (χ1n) is 12.3. The molecule has 5 rings (SSSR count). The van der Waals surface area contributed by atoms with Crippen molar-refractivity contribution >= 4 is 21.7 Å². The molecule has 208 valence electrons. The minimum Gasteiger partial charge on any atom is -0.295 e. The van der Waals surface area contributed by atoms with Gasteiger partial charge in [0.2, 0.25) is 15.9 Å². The molecule has 40 heavy (non-hydrogen) atoms. The van der Waals surface area contributed by atoms with Gasteiger partial charge in [-0.1, -0.05) is 36.4 Å². The van der Waals surface area contributed by atoms with E-state index in [-0.39, 0.29) is 6.54 Å². The largest absolute Gasteiger partial charge is 0.416 e. The van der Waals surface area contributed by atoms with Crippen LogP contribution >= 0.6 is 0 Å². The number of nitrogens with zero attached hydrogens (tertiary/aromatic N) is 3. The van der Waals surface area contributed by atoms with Gasteiger partial charge < -0.3 is 0 Å². The molecule has 12 heteroatoms. The average Bonchev–Trinajstić information content (AvgIpc) is 3.26. The fraction of sp³-hybridized carbons (Fsp3) is 0.214. The third-order valence-corrected chi connectivity index (χ3v) is 8.25. The molecule has 0 saturated carbocycles. The molecular weight excluding hydrogens is 548 g/mol. The number of likely N-dealkylation sites (N-methyl/N-ethyl adjacent to an activating group) is 1.